The molecule has 1 aliphatic carbocycles. The maximum atomic E-state index is 12.3. The van der Waals surface area contributed by atoms with Crippen LogP contribution in [0.5, 0.6) is 0 Å². The normalized spacial score (nSPS) is 21.5. The number of carbonyl (C=O) groups excluding carboxylic acids is 2. The van der Waals surface area contributed by atoms with Gasteiger partial charge in [-0.3, -0.25) is 9.59 Å². The van der Waals surface area contributed by atoms with Crippen LogP contribution in [0.3, 0.4) is 0 Å². The molecule has 2 aliphatic rings. The number of H-pyrrole nitrogens is 1. The van der Waals surface area contributed by atoms with Crippen molar-refractivity contribution in [2.75, 3.05) is 0 Å². The molecule has 1 aromatic carbocycles. The number of aromatic amines is 1. The fourth-order valence-electron chi connectivity index (χ4n) is 3.18. The number of hydrogen-bond acceptors (Lipinski definition) is 2. The second kappa shape index (κ2) is 5.16. The lowest BCUT2D eigenvalue weighted by Gasteiger charge is -2.24. The Morgan fingerprint density at radius 1 is 1.27 bits per heavy atom. The monoisotopic (exact) mass is 297 g/mol. The zero-order chi connectivity index (χ0) is 15.1. The number of fused-ring (bicyclic) bond motifs is 1. The average Bonchev–Trinajstić information content (AvgIpc) is 3.13. The summed E-state index contributed by atoms with van der Waals surface area (Å²) < 4.78 is 0. The van der Waals surface area contributed by atoms with Crippen molar-refractivity contribution in [3.8, 4) is 0 Å². The van der Waals surface area contributed by atoms with E-state index in [1.807, 2.05) is 30.5 Å². The van der Waals surface area contributed by atoms with Gasteiger partial charge in [-0.25, -0.2) is 0 Å². The Kier molecular flexibility index (Phi) is 3.13. The molecule has 22 heavy (non-hydrogen) atoms. The maximum Gasteiger partial charge on any atom is 0.243 e. The van der Waals surface area contributed by atoms with Crippen LogP contribution >= 0.6 is 0 Å². The topological polar surface area (TPSA) is 65.2 Å². The Hall–Kier alpha value is -2.30. The third kappa shape index (κ3) is 2.36. The largest absolute Gasteiger partial charge is 0.361 e. The summed E-state index contributed by atoms with van der Waals surface area (Å²) in [6.07, 6.45) is 5.15. The van der Waals surface area contributed by atoms with E-state index in [-0.39, 0.29) is 17.9 Å². The highest BCUT2D eigenvalue weighted by Crippen LogP contribution is 2.26. The van der Waals surface area contributed by atoms with Gasteiger partial charge < -0.3 is 15.2 Å². The minimum absolute atomic E-state index is 0.00758. The van der Waals surface area contributed by atoms with E-state index in [2.05, 4.69) is 10.3 Å². The first-order valence-corrected chi connectivity index (χ1v) is 7.87. The lowest BCUT2D eigenvalue weighted by molar-refractivity contribution is -0.135. The van der Waals surface area contributed by atoms with Crippen LogP contribution in [0.1, 0.15) is 31.2 Å². The summed E-state index contributed by atoms with van der Waals surface area (Å²) in [5, 5.41) is 4.14. The van der Waals surface area contributed by atoms with Crippen LogP contribution in [0, 0.1) is 0 Å². The van der Waals surface area contributed by atoms with Crippen molar-refractivity contribution in [2.24, 2.45) is 0 Å². The van der Waals surface area contributed by atoms with Crippen LogP contribution < -0.4 is 5.32 Å². The summed E-state index contributed by atoms with van der Waals surface area (Å²) in [5.74, 6) is 0.0782. The number of amides is 2. The highest BCUT2D eigenvalue weighted by Gasteiger charge is 2.38. The van der Waals surface area contributed by atoms with Gasteiger partial charge >= 0.3 is 0 Å². The lowest BCUT2D eigenvalue weighted by Crippen LogP contribution is -2.45. The zero-order valence-corrected chi connectivity index (χ0v) is 12.3. The van der Waals surface area contributed by atoms with Crippen molar-refractivity contribution in [1.82, 2.24) is 15.2 Å². The smallest absolute Gasteiger partial charge is 0.243 e. The van der Waals surface area contributed by atoms with Crippen LogP contribution in [0.4, 0.5) is 0 Å². The predicted molar refractivity (Wildman–Crippen MR) is 83.0 cm³/mol. The number of rotatable bonds is 4. The van der Waals surface area contributed by atoms with Gasteiger partial charge in [0, 0.05) is 36.1 Å². The number of likely N-dealkylation sites (tertiary alicyclic amines) is 1. The molecular formula is C17H19N3O2. The van der Waals surface area contributed by atoms with E-state index in [1.165, 1.54) is 0 Å². The van der Waals surface area contributed by atoms with E-state index in [4.69, 9.17) is 0 Å². The van der Waals surface area contributed by atoms with Gasteiger partial charge in [-0.15, -0.1) is 0 Å². The number of hydrogen-bond donors (Lipinski definition) is 2. The highest BCUT2D eigenvalue weighted by molar-refractivity contribution is 5.91. The SMILES string of the molecule is O=C(NC1CC1)[C@H]1CCC(=O)N1Cc1c[nH]c2ccccc12. The molecule has 5 nitrogen and oxygen atoms in total. The summed E-state index contributed by atoms with van der Waals surface area (Å²) in [4.78, 5) is 29.5. The molecule has 2 N–H and O–H groups in total. The van der Waals surface area contributed by atoms with Crippen LogP contribution in [0.15, 0.2) is 30.5 Å². The standard InChI is InChI=1S/C17H19N3O2/c21-16-8-7-15(17(22)19-12-5-6-12)20(16)10-11-9-18-14-4-2-1-3-13(11)14/h1-4,9,12,15,18H,5-8,10H2,(H,19,22)/t15-/m1/s1. The Morgan fingerprint density at radius 3 is 2.91 bits per heavy atom. The molecule has 2 aromatic rings. The van der Waals surface area contributed by atoms with E-state index < -0.39 is 0 Å². The first-order valence-electron chi connectivity index (χ1n) is 7.87. The van der Waals surface area contributed by atoms with Crippen LogP contribution in [0.25, 0.3) is 10.9 Å². The van der Waals surface area contributed by atoms with Crippen molar-refractivity contribution < 1.29 is 9.59 Å². The summed E-state index contributed by atoms with van der Waals surface area (Å²) in [6.45, 7) is 0.492. The number of nitrogens with zero attached hydrogens (tertiary/aromatic N) is 1. The average molecular weight is 297 g/mol. The van der Waals surface area contributed by atoms with Crippen LogP contribution in [-0.4, -0.2) is 33.8 Å². The first kappa shape index (κ1) is 13.4. The fourth-order valence-corrected chi connectivity index (χ4v) is 3.18. The number of para-hydroxylation sites is 1. The molecule has 1 aromatic heterocycles. The molecule has 1 atom stereocenters. The third-order valence-corrected chi connectivity index (χ3v) is 4.57. The maximum absolute atomic E-state index is 12.3. The van der Waals surface area contributed by atoms with Gasteiger partial charge in [0.15, 0.2) is 0 Å². The van der Waals surface area contributed by atoms with Crippen molar-refractivity contribution in [2.45, 2.75) is 44.3 Å². The Morgan fingerprint density at radius 2 is 2.09 bits per heavy atom. The molecule has 5 heteroatoms. The molecule has 1 saturated heterocycles. The van der Waals surface area contributed by atoms with E-state index in [9.17, 15) is 9.59 Å². The molecule has 0 radical (unpaired) electrons. The Bertz CT molecular complexity index is 732. The van der Waals surface area contributed by atoms with Crippen LogP contribution in [0.2, 0.25) is 0 Å². The number of aromatic nitrogens is 1. The molecule has 114 valence electrons. The second-order valence-corrected chi connectivity index (χ2v) is 6.22. The van der Waals surface area contributed by atoms with Crippen molar-refractivity contribution >= 4 is 22.7 Å². The van der Waals surface area contributed by atoms with Crippen molar-refractivity contribution in [3.05, 3.63) is 36.0 Å². The summed E-state index contributed by atoms with van der Waals surface area (Å²) in [6, 6.07) is 8.04. The van der Waals surface area contributed by atoms with Gasteiger partial charge in [0.1, 0.15) is 6.04 Å². The number of benzene rings is 1. The van der Waals surface area contributed by atoms with E-state index in [0.29, 0.717) is 25.4 Å². The van der Waals surface area contributed by atoms with Gasteiger partial charge in [0.25, 0.3) is 0 Å². The molecule has 4 rings (SSSR count). The van der Waals surface area contributed by atoms with E-state index >= 15 is 0 Å². The molecule has 1 aliphatic heterocycles. The minimum atomic E-state index is -0.318. The van der Waals surface area contributed by atoms with Gasteiger partial charge in [-0.2, -0.15) is 0 Å². The Balaban J connectivity index is 1.56. The Labute approximate surface area is 128 Å². The van der Waals surface area contributed by atoms with Crippen LogP contribution in [-0.2, 0) is 16.1 Å². The quantitative estimate of drug-likeness (QED) is 0.905. The predicted octanol–water partition coefficient (Wildman–Crippen LogP) is 1.94. The lowest BCUT2D eigenvalue weighted by atomic mass is 10.1. The minimum Gasteiger partial charge on any atom is -0.361 e. The highest BCUT2D eigenvalue weighted by atomic mass is 16.2. The molecule has 2 amide bonds. The van der Waals surface area contributed by atoms with Gasteiger partial charge in [-0.05, 0) is 30.9 Å². The van der Waals surface area contributed by atoms with E-state index in [0.717, 1.165) is 29.3 Å². The third-order valence-electron chi connectivity index (χ3n) is 4.57. The molecule has 0 unspecified atom stereocenters. The molecule has 0 bridgehead atoms. The van der Waals surface area contributed by atoms with E-state index in [1.54, 1.807) is 4.90 Å². The molecule has 2 fully saturated rings. The molecule has 1 saturated carbocycles. The van der Waals surface area contributed by atoms with Gasteiger partial charge in [-0.1, -0.05) is 18.2 Å². The number of carbonyl (C=O) groups is 2. The zero-order valence-electron chi connectivity index (χ0n) is 12.3. The van der Waals surface area contributed by atoms with Crippen molar-refractivity contribution in [3.63, 3.8) is 0 Å². The molecular weight excluding hydrogens is 278 g/mol. The molecule has 2 heterocycles. The second-order valence-electron chi connectivity index (χ2n) is 6.22. The molecule has 0 spiro atoms. The van der Waals surface area contributed by atoms with Crippen molar-refractivity contribution in [1.29, 1.82) is 0 Å². The first-order chi connectivity index (χ1) is 10.7. The van der Waals surface area contributed by atoms with Gasteiger partial charge in [0.2, 0.25) is 11.8 Å². The summed E-state index contributed by atoms with van der Waals surface area (Å²) in [5.41, 5.74) is 2.12. The summed E-state index contributed by atoms with van der Waals surface area (Å²) in [7, 11) is 0. The fraction of sp³-hybridized carbons (Fsp3) is 0.412. The summed E-state index contributed by atoms with van der Waals surface area (Å²) >= 11 is 0. The van der Waals surface area contributed by atoms with Gasteiger partial charge in [0.05, 0.1) is 0 Å². The number of nitrogens with one attached hydrogen (secondary N) is 2.